The summed E-state index contributed by atoms with van der Waals surface area (Å²) in [4.78, 5) is 28.7. The highest BCUT2D eigenvalue weighted by Gasteiger charge is 2.15. The van der Waals surface area contributed by atoms with E-state index in [1.165, 1.54) is 4.90 Å². The summed E-state index contributed by atoms with van der Waals surface area (Å²) in [6.45, 7) is 3.22. The zero-order valence-corrected chi connectivity index (χ0v) is 17.7. The molecule has 0 atom stereocenters. The molecular weight excluding hydrogens is 390 g/mol. The minimum absolute atomic E-state index is 0.0115. The van der Waals surface area contributed by atoms with Crippen LogP contribution >= 0.6 is 0 Å². The van der Waals surface area contributed by atoms with E-state index in [4.69, 9.17) is 4.74 Å². The molecule has 0 radical (unpaired) electrons. The molecule has 0 bridgehead atoms. The van der Waals surface area contributed by atoms with Crippen molar-refractivity contribution in [2.24, 2.45) is 0 Å². The molecule has 0 unspecified atom stereocenters. The van der Waals surface area contributed by atoms with Gasteiger partial charge in [0.05, 0.1) is 26.2 Å². The summed E-state index contributed by atoms with van der Waals surface area (Å²) in [5, 5.41) is 5.12. The van der Waals surface area contributed by atoms with Crippen molar-refractivity contribution in [1.29, 1.82) is 0 Å². The standard InChI is InChI=1S/C25H27N3O3/c1-27(25(30)17-19-6-7-20-4-2-3-5-21(20)16-19)18-24(29)26-22-8-10-23(11-9-22)28-12-14-31-15-13-28/h2-11,16H,12-15,17-18H2,1H3,(H,26,29). The number of rotatable bonds is 6. The number of anilines is 2. The molecule has 6 heteroatoms. The Morgan fingerprint density at radius 2 is 1.68 bits per heavy atom. The fourth-order valence-electron chi connectivity index (χ4n) is 3.74. The zero-order valence-electron chi connectivity index (χ0n) is 17.7. The normalized spacial score (nSPS) is 13.8. The number of morpholine rings is 1. The second-order valence-electron chi connectivity index (χ2n) is 7.80. The molecule has 6 nitrogen and oxygen atoms in total. The van der Waals surface area contributed by atoms with Crippen molar-refractivity contribution in [3.8, 4) is 0 Å². The number of ether oxygens (including phenoxy) is 1. The smallest absolute Gasteiger partial charge is 0.243 e. The summed E-state index contributed by atoms with van der Waals surface area (Å²) in [7, 11) is 1.66. The maximum atomic E-state index is 12.6. The Bertz CT molecular complexity index is 1060. The molecule has 160 valence electrons. The molecule has 0 aromatic heterocycles. The Labute approximate surface area is 182 Å². The van der Waals surface area contributed by atoms with E-state index < -0.39 is 0 Å². The van der Waals surface area contributed by atoms with Gasteiger partial charge in [0, 0.05) is 31.5 Å². The van der Waals surface area contributed by atoms with Crippen LogP contribution < -0.4 is 10.2 Å². The molecule has 1 heterocycles. The number of benzene rings is 3. The van der Waals surface area contributed by atoms with Gasteiger partial charge in [-0.1, -0.05) is 42.5 Å². The Morgan fingerprint density at radius 3 is 2.42 bits per heavy atom. The summed E-state index contributed by atoms with van der Waals surface area (Å²) >= 11 is 0. The number of fused-ring (bicyclic) bond motifs is 1. The Hall–Kier alpha value is -3.38. The van der Waals surface area contributed by atoms with Gasteiger partial charge in [0.25, 0.3) is 0 Å². The third kappa shape index (κ3) is 5.41. The van der Waals surface area contributed by atoms with E-state index in [1.807, 2.05) is 66.7 Å². The molecule has 1 aliphatic heterocycles. The molecule has 4 rings (SSSR count). The molecule has 0 spiro atoms. The first-order valence-corrected chi connectivity index (χ1v) is 10.5. The van der Waals surface area contributed by atoms with Gasteiger partial charge < -0.3 is 19.9 Å². The third-order valence-corrected chi connectivity index (χ3v) is 5.50. The minimum Gasteiger partial charge on any atom is -0.378 e. The molecule has 31 heavy (non-hydrogen) atoms. The van der Waals surface area contributed by atoms with E-state index >= 15 is 0 Å². The van der Waals surface area contributed by atoms with Crippen LogP contribution in [0.25, 0.3) is 10.8 Å². The zero-order chi connectivity index (χ0) is 21.6. The van der Waals surface area contributed by atoms with Crippen LogP contribution in [0.1, 0.15) is 5.56 Å². The summed E-state index contributed by atoms with van der Waals surface area (Å²) in [5.74, 6) is -0.304. The summed E-state index contributed by atoms with van der Waals surface area (Å²) in [5.41, 5.74) is 2.77. The van der Waals surface area contributed by atoms with Crippen molar-refractivity contribution >= 4 is 34.0 Å². The van der Waals surface area contributed by atoms with E-state index in [2.05, 4.69) is 10.2 Å². The second kappa shape index (κ2) is 9.62. The molecule has 1 saturated heterocycles. The van der Waals surface area contributed by atoms with Gasteiger partial charge in [-0.05, 0) is 40.6 Å². The van der Waals surface area contributed by atoms with Crippen molar-refractivity contribution in [3.05, 3.63) is 72.3 Å². The van der Waals surface area contributed by atoms with Crippen molar-refractivity contribution in [2.75, 3.05) is 50.1 Å². The highest BCUT2D eigenvalue weighted by atomic mass is 16.5. The number of carbonyl (C=O) groups is 2. The first-order valence-electron chi connectivity index (χ1n) is 10.5. The van der Waals surface area contributed by atoms with Gasteiger partial charge in [0.1, 0.15) is 0 Å². The summed E-state index contributed by atoms with van der Waals surface area (Å²) < 4.78 is 5.38. The number of hydrogen-bond acceptors (Lipinski definition) is 4. The van der Waals surface area contributed by atoms with E-state index in [0.29, 0.717) is 0 Å². The highest BCUT2D eigenvalue weighted by molar-refractivity contribution is 5.95. The van der Waals surface area contributed by atoms with Crippen molar-refractivity contribution < 1.29 is 14.3 Å². The van der Waals surface area contributed by atoms with Crippen LogP contribution in [0.15, 0.2) is 66.7 Å². The molecular formula is C25H27N3O3. The van der Waals surface area contributed by atoms with E-state index in [-0.39, 0.29) is 24.8 Å². The third-order valence-electron chi connectivity index (χ3n) is 5.50. The van der Waals surface area contributed by atoms with E-state index in [0.717, 1.165) is 54.0 Å². The van der Waals surface area contributed by atoms with Gasteiger partial charge in [-0.15, -0.1) is 0 Å². The van der Waals surface area contributed by atoms with Crippen LogP contribution in [-0.2, 0) is 20.7 Å². The Balaban J connectivity index is 1.29. The van der Waals surface area contributed by atoms with Crippen LogP contribution in [0, 0.1) is 0 Å². The van der Waals surface area contributed by atoms with Gasteiger partial charge in [0.2, 0.25) is 11.8 Å². The Kier molecular flexibility index (Phi) is 6.48. The molecule has 0 saturated carbocycles. The maximum Gasteiger partial charge on any atom is 0.243 e. The lowest BCUT2D eigenvalue weighted by Gasteiger charge is -2.28. The van der Waals surface area contributed by atoms with Crippen LogP contribution in [-0.4, -0.2) is 56.6 Å². The lowest BCUT2D eigenvalue weighted by Crippen LogP contribution is -2.36. The summed E-state index contributed by atoms with van der Waals surface area (Å²) in [6, 6.07) is 21.8. The molecule has 0 aliphatic carbocycles. The number of carbonyl (C=O) groups excluding carboxylic acids is 2. The average molecular weight is 418 g/mol. The molecule has 1 aliphatic rings. The van der Waals surface area contributed by atoms with Crippen LogP contribution in [0.2, 0.25) is 0 Å². The van der Waals surface area contributed by atoms with Crippen molar-refractivity contribution in [2.45, 2.75) is 6.42 Å². The van der Waals surface area contributed by atoms with Crippen molar-refractivity contribution in [3.63, 3.8) is 0 Å². The lowest BCUT2D eigenvalue weighted by molar-refractivity contribution is -0.132. The van der Waals surface area contributed by atoms with Crippen LogP contribution in [0.3, 0.4) is 0 Å². The second-order valence-corrected chi connectivity index (χ2v) is 7.80. The molecule has 1 N–H and O–H groups in total. The molecule has 3 aromatic rings. The summed E-state index contributed by atoms with van der Waals surface area (Å²) in [6.07, 6.45) is 0.267. The van der Waals surface area contributed by atoms with E-state index in [9.17, 15) is 9.59 Å². The first-order chi connectivity index (χ1) is 15.1. The molecule has 2 amide bonds. The SMILES string of the molecule is CN(CC(=O)Nc1ccc(N2CCOCC2)cc1)C(=O)Cc1ccc2ccccc2c1. The predicted octanol–water partition coefficient (Wildman–Crippen LogP) is 3.32. The quantitative estimate of drug-likeness (QED) is 0.668. The highest BCUT2D eigenvalue weighted by Crippen LogP contribution is 2.19. The average Bonchev–Trinajstić information content (AvgIpc) is 2.80. The number of likely N-dealkylation sites (N-methyl/N-ethyl adjacent to an activating group) is 1. The topological polar surface area (TPSA) is 61.9 Å². The fourth-order valence-corrected chi connectivity index (χ4v) is 3.74. The predicted molar refractivity (Wildman–Crippen MR) is 123 cm³/mol. The molecule has 1 fully saturated rings. The number of amides is 2. The van der Waals surface area contributed by atoms with Gasteiger partial charge in [-0.2, -0.15) is 0 Å². The number of nitrogens with one attached hydrogen (secondary N) is 1. The number of hydrogen-bond donors (Lipinski definition) is 1. The van der Waals surface area contributed by atoms with Crippen molar-refractivity contribution in [1.82, 2.24) is 4.90 Å². The van der Waals surface area contributed by atoms with Crippen LogP contribution in [0.5, 0.6) is 0 Å². The van der Waals surface area contributed by atoms with Gasteiger partial charge in [-0.25, -0.2) is 0 Å². The van der Waals surface area contributed by atoms with Gasteiger partial charge in [-0.3, -0.25) is 9.59 Å². The van der Waals surface area contributed by atoms with E-state index in [1.54, 1.807) is 7.05 Å². The first kappa shape index (κ1) is 20.9. The largest absolute Gasteiger partial charge is 0.378 e. The minimum atomic E-state index is -0.214. The maximum absolute atomic E-state index is 12.6. The fraction of sp³-hybridized carbons (Fsp3) is 0.280. The van der Waals surface area contributed by atoms with Gasteiger partial charge in [0.15, 0.2) is 0 Å². The van der Waals surface area contributed by atoms with Gasteiger partial charge >= 0.3 is 0 Å². The van der Waals surface area contributed by atoms with Crippen LogP contribution in [0.4, 0.5) is 11.4 Å². The lowest BCUT2D eigenvalue weighted by atomic mass is 10.0. The number of nitrogens with zero attached hydrogens (tertiary/aromatic N) is 2. The monoisotopic (exact) mass is 417 g/mol. The molecule has 3 aromatic carbocycles. The Morgan fingerprint density at radius 1 is 0.968 bits per heavy atom.